The zero-order chi connectivity index (χ0) is 13.7. The molecule has 0 unspecified atom stereocenters. The van der Waals surface area contributed by atoms with Crippen LogP contribution < -0.4 is 5.32 Å². The van der Waals surface area contributed by atoms with Gasteiger partial charge in [0.25, 0.3) is 0 Å². The standard InChI is InChI=1S/C12H11F2N3S2/c13-10-4-2-1-3-9(10)5-7-17(14)12(18)16-11-15-6-8-19-11/h1-4,6,8H,5,7H2,(H,15,16,18). The van der Waals surface area contributed by atoms with Crippen molar-refractivity contribution in [2.24, 2.45) is 0 Å². The molecule has 2 rings (SSSR count). The molecule has 1 N–H and O–H groups in total. The van der Waals surface area contributed by atoms with Gasteiger partial charge in [-0.2, -0.15) is 5.12 Å². The maximum atomic E-state index is 13.7. The van der Waals surface area contributed by atoms with Crippen LogP contribution in [0.1, 0.15) is 5.56 Å². The first-order valence-corrected chi connectivity index (χ1v) is 6.83. The Labute approximate surface area is 118 Å². The van der Waals surface area contributed by atoms with Crippen LogP contribution in [-0.4, -0.2) is 21.8 Å². The highest BCUT2D eigenvalue weighted by atomic mass is 32.1. The SMILES string of the molecule is Fc1ccccc1CCN(F)C(=S)Nc1nccs1. The van der Waals surface area contributed by atoms with E-state index in [1.54, 1.807) is 29.8 Å². The molecule has 0 fully saturated rings. The van der Waals surface area contributed by atoms with Gasteiger partial charge in [0.15, 0.2) is 5.13 Å². The molecule has 0 spiro atoms. The van der Waals surface area contributed by atoms with E-state index in [1.165, 1.54) is 17.4 Å². The molecule has 3 nitrogen and oxygen atoms in total. The maximum absolute atomic E-state index is 13.7. The van der Waals surface area contributed by atoms with Crippen molar-refractivity contribution < 1.29 is 8.87 Å². The highest BCUT2D eigenvalue weighted by molar-refractivity contribution is 7.80. The first-order chi connectivity index (χ1) is 9.16. The molecule has 0 amide bonds. The zero-order valence-electron chi connectivity index (χ0n) is 9.85. The lowest BCUT2D eigenvalue weighted by Gasteiger charge is -2.14. The Morgan fingerprint density at radius 2 is 2.21 bits per heavy atom. The molecule has 1 heterocycles. The largest absolute Gasteiger partial charge is 0.307 e. The Morgan fingerprint density at radius 3 is 2.89 bits per heavy atom. The van der Waals surface area contributed by atoms with Crippen LogP contribution in [0.5, 0.6) is 0 Å². The second-order valence-corrected chi connectivity index (χ2v) is 4.98. The van der Waals surface area contributed by atoms with Gasteiger partial charge in [0.1, 0.15) is 5.82 Å². The van der Waals surface area contributed by atoms with Crippen molar-refractivity contribution in [2.75, 3.05) is 11.9 Å². The summed E-state index contributed by atoms with van der Waals surface area (Å²) in [6, 6.07) is 6.29. The first kappa shape index (κ1) is 13.8. The molecular formula is C12H11F2N3S2. The molecule has 0 saturated heterocycles. The molecule has 1 aromatic heterocycles. The van der Waals surface area contributed by atoms with Gasteiger partial charge in [-0.3, -0.25) is 0 Å². The third-order valence-electron chi connectivity index (χ3n) is 2.40. The Hall–Kier alpha value is -1.60. The Morgan fingerprint density at radius 1 is 1.42 bits per heavy atom. The van der Waals surface area contributed by atoms with Crippen molar-refractivity contribution in [1.29, 1.82) is 0 Å². The molecule has 7 heteroatoms. The topological polar surface area (TPSA) is 28.2 Å². The van der Waals surface area contributed by atoms with Crippen LogP contribution in [0.4, 0.5) is 14.0 Å². The second kappa shape index (κ2) is 6.53. The molecule has 0 saturated carbocycles. The van der Waals surface area contributed by atoms with Crippen LogP contribution in [0, 0.1) is 5.82 Å². The van der Waals surface area contributed by atoms with E-state index in [0.29, 0.717) is 15.8 Å². The van der Waals surface area contributed by atoms with Gasteiger partial charge >= 0.3 is 0 Å². The Balaban J connectivity index is 1.86. The minimum atomic E-state index is -0.338. The molecule has 2 aromatic rings. The third kappa shape index (κ3) is 3.93. The lowest BCUT2D eigenvalue weighted by atomic mass is 10.1. The molecule has 100 valence electrons. The lowest BCUT2D eigenvalue weighted by Crippen LogP contribution is -2.29. The quantitative estimate of drug-likeness (QED) is 0.692. The zero-order valence-corrected chi connectivity index (χ0v) is 11.5. The fourth-order valence-corrected chi connectivity index (χ4v) is 2.24. The average Bonchev–Trinajstić information content (AvgIpc) is 2.90. The van der Waals surface area contributed by atoms with Gasteiger partial charge < -0.3 is 5.32 Å². The molecule has 0 atom stereocenters. The molecule has 1 aromatic carbocycles. The Kier molecular flexibility index (Phi) is 4.75. The number of rotatable bonds is 4. The van der Waals surface area contributed by atoms with Crippen molar-refractivity contribution >= 4 is 33.8 Å². The molecule has 0 radical (unpaired) electrons. The van der Waals surface area contributed by atoms with E-state index in [9.17, 15) is 8.87 Å². The number of anilines is 1. The number of nitrogens with one attached hydrogen (secondary N) is 1. The summed E-state index contributed by atoms with van der Waals surface area (Å²) in [5.74, 6) is -0.338. The summed E-state index contributed by atoms with van der Waals surface area (Å²) in [5, 5.41) is 5.25. The van der Waals surface area contributed by atoms with E-state index in [4.69, 9.17) is 12.2 Å². The fourth-order valence-electron chi connectivity index (χ4n) is 1.46. The summed E-state index contributed by atoms with van der Waals surface area (Å²) in [7, 11) is 0. The second-order valence-electron chi connectivity index (χ2n) is 3.69. The molecule has 0 aliphatic carbocycles. The normalized spacial score (nSPS) is 10.2. The fraction of sp³-hybridized carbons (Fsp3) is 0.167. The molecular weight excluding hydrogens is 288 g/mol. The van der Waals surface area contributed by atoms with Gasteiger partial charge in [0, 0.05) is 11.6 Å². The molecule has 0 bridgehead atoms. The summed E-state index contributed by atoms with van der Waals surface area (Å²) < 4.78 is 27.0. The van der Waals surface area contributed by atoms with Crippen LogP contribution in [0.2, 0.25) is 0 Å². The number of nitrogens with zero attached hydrogens (tertiary/aromatic N) is 2. The summed E-state index contributed by atoms with van der Waals surface area (Å²) in [6.07, 6.45) is 1.83. The number of benzene rings is 1. The number of thiazole rings is 1. The monoisotopic (exact) mass is 299 g/mol. The van der Waals surface area contributed by atoms with Crippen LogP contribution in [0.25, 0.3) is 0 Å². The van der Waals surface area contributed by atoms with Gasteiger partial charge in [-0.25, -0.2) is 9.37 Å². The van der Waals surface area contributed by atoms with E-state index < -0.39 is 0 Å². The van der Waals surface area contributed by atoms with Gasteiger partial charge in [-0.05, 0) is 30.3 Å². The number of thiocarbonyl (C=S) groups is 1. The van der Waals surface area contributed by atoms with Crippen molar-refractivity contribution in [3.05, 3.63) is 47.2 Å². The number of hydrogen-bond donors (Lipinski definition) is 1. The highest BCUT2D eigenvalue weighted by Gasteiger charge is 2.11. The van der Waals surface area contributed by atoms with Gasteiger partial charge in [-0.1, -0.05) is 22.7 Å². The van der Waals surface area contributed by atoms with E-state index in [-0.39, 0.29) is 23.9 Å². The van der Waals surface area contributed by atoms with E-state index >= 15 is 0 Å². The minimum absolute atomic E-state index is 0.0157. The van der Waals surface area contributed by atoms with Gasteiger partial charge in [0.05, 0.1) is 6.54 Å². The van der Waals surface area contributed by atoms with E-state index in [1.807, 2.05) is 0 Å². The van der Waals surface area contributed by atoms with Crippen molar-refractivity contribution in [3.8, 4) is 0 Å². The molecule has 0 aliphatic heterocycles. The maximum Gasteiger partial charge on any atom is 0.203 e. The number of hydrogen-bond acceptors (Lipinski definition) is 3. The summed E-state index contributed by atoms with van der Waals surface area (Å²) in [5.41, 5.74) is 0.460. The van der Waals surface area contributed by atoms with Crippen LogP contribution in [0.15, 0.2) is 35.8 Å². The van der Waals surface area contributed by atoms with Crippen LogP contribution >= 0.6 is 23.6 Å². The summed E-state index contributed by atoms with van der Waals surface area (Å²) in [6.45, 7) is -0.0157. The van der Waals surface area contributed by atoms with Crippen molar-refractivity contribution in [3.63, 3.8) is 0 Å². The van der Waals surface area contributed by atoms with E-state index in [2.05, 4.69) is 10.3 Å². The first-order valence-electron chi connectivity index (χ1n) is 5.54. The van der Waals surface area contributed by atoms with Gasteiger partial charge in [0.2, 0.25) is 5.11 Å². The molecule has 0 aliphatic rings. The predicted octanol–water partition coefficient (Wildman–Crippen LogP) is 3.41. The Bertz CT molecular complexity index is 546. The van der Waals surface area contributed by atoms with Crippen LogP contribution in [0.3, 0.4) is 0 Å². The van der Waals surface area contributed by atoms with Gasteiger partial charge in [-0.15, -0.1) is 11.3 Å². The van der Waals surface area contributed by atoms with E-state index in [0.717, 1.165) is 0 Å². The van der Waals surface area contributed by atoms with Crippen molar-refractivity contribution in [2.45, 2.75) is 6.42 Å². The summed E-state index contributed by atoms with van der Waals surface area (Å²) >= 11 is 6.21. The third-order valence-corrected chi connectivity index (χ3v) is 3.39. The highest BCUT2D eigenvalue weighted by Crippen LogP contribution is 2.12. The minimum Gasteiger partial charge on any atom is -0.307 e. The average molecular weight is 299 g/mol. The molecule has 19 heavy (non-hydrogen) atoms. The number of halogens is 2. The number of aromatic nitrogens is 1. The predicted molar refractivity (Wildman–Crippen MR) is 76.3 cm³/mol. The lowest BCUT2D eigenvalue weighted by molar-refractivity contribution is 0.126. The smallest absolute Gasteiger partial charge is 0.203 e. The van der Waals surface area contributed by atoms with Crippen LogP contribution in [-0.2, 0) is 6.42 Å². The van der Waals surface area contributed by atoms with Crippen molar-refractivity contribution in [1.82, 2.24) is 10.1 Å². The summed E-state index contributed by atoms with van der Waals surface area (Å²) in [4.78, 5) is 3.94.